The molecule has 3 heteroatoms. The summed E-state index contributed by atoms with van der Waals surface area (Å²) in [5.41, 5.74) is 2.59. The third-order valence-corrected chi connectivity index (χ3v) is 3.69. The minimum Gasteiger partial charge on any atom is -0.310 e. The third kappa shape index (κ3) is 2.18. The van der Waals surface area contributed by atoms with Crippen LogP contribution in [0.3, 0.4) is 0 Å². The Morgan fingerprint density at radius 2 is 2.28 bits per heavy atom. The van der Waals surface area contributed by atoms with E-state index in [-0.39, 0.29) is 0 Å². The van der Waals surface area contributed by atoms with Crippen LogP contribution in [-0.4, -0.2) is 16.1 Å². The minimum atomic E-state index is 0.516. The van der Waals surface area contributed by atoms with E-state index in [9.17, 15) is 0 Å². The molecule has 0 saturated carbocycles. The molecule has 1 unspecified atom stereocenters. The van der Waals surface area contributed by atoms with E-state index < -0.39 is 0 Å². The van der Waals surface area contributed by atoms with Gasteiger partial charge in [-0.1, -0.05) is 18.6 Å². The average molecular weight is 241 g/mol. The third-order valence-electron chi connectivity index (χ3n) is 3.69. The molecule has 0 radical (unpaired) electrons. The number of rotatable bonds is 2. The zero-order chi connectivity index (χ0) is 12.4. The van der Waals surface area contributed by atoms with E-state index in [2.05, 4.69) is 39.1 Å². The molecule has 2 aromatic rings. The topological polar surface area (TPSA) is 29.9 Å². The number of aromatic nitrogens is 2. The lowest BCUT2D eigenvalue weighted by Crippen LogP contribution is -2.26. The van der Waals surface area contributed by atoms with Gasteiger partial charge >= 0.3 is 0 Å². The summed E-state index contributed by atoms with van der Waals surface area (Å²) in [7, 11) is 0. The predicted molar refractivity (Wildman–Crippen MR) is 72.9 cm³/mol. The van der Waals surface area contributed by atoms with E-state index in [1.54, 1.807) is 0 Å². The molecule has 3 rings (SSSR count). The Balaban J connectivity index is 1.91. The highest BCUT2D eigenvalue weighted by Gasteiger charge is 2.15. The number of hydrogen-bond donors (Lipinski definition) is 1. The van der Waals surface area contributed by atoms with Gasteiger partial charge in [0.2, 0.25) is 0 Å². The van der Waals surface area contributed by atoms with Crippen molar-refractivity contribution >= 4 is 0 Å². The molecule has 0 spiro atoms. The van der Waals surface area contributed by atoms with Gasteiger partial charge in [0.25, 0.3) is 0 Å². The van der Waals surface area contributed by atoms with E-state index in [0.29, 0.717) is 6.04 Å². The zero-order valence-corrected chi connectivity index (χ0v) is 10.8. The molecular weight excluding hydrogens is 222 g/mol. The van der Waals surface area contributed by atoms with Crippen molar-refractivity contribution in [1.82, 2.24) is 14.9 Å². The smallest absolute Gasteiger partial charge is 0.110 e. The lowest BCUT2D eigenvalue weighted by atomic mass is 9.97. The van der Waals surface area contributed by atoms with E-state index in [0.717, 1.165) is 12.4 Å². The monoisotopic (exact) mass is 241 g/mol. The van der Waals surface area contributed by atoms with E-state index in [1.807, 2.05) is 19.3 Å². The van der Waals surface area contributed by atoms with Gasteiger partial charge in [-0.2, -0.15) is 0 Å². The van der Waals surface area contributed by atoms with Crippen LogP contribution in [0, 0.1) is 6.92 Å². The van der Waals surface area contributed by atoms with E-state index in [4.69, 9.17) is 0 Å². The Bertz CT molecular complexity index is 524. The fourth-order valence-corrected chi connectivity index (χ4v) is 2.68. The lowest BCUT2D eigenvalue weighted by Gasteiger charge is -2.24. The van der Waals surface area contributed by atoms with Crippen molar-refractivity contribution in [2.75, 3.05) is 6.54 Å². The number of nitrogens with one attached hydrogen (secondary N) is 1. The highest BCUT2D eigenvalue weighted by molar-refractivity contribution is 5.38. The molecule has 1 fully saturated rings. The predicted octanol–water partition coefficient (Wildman–Crippen LogP) is 3.00. The number of hydrogen-bond acceptors (Lipinski definition) is 2. The van der Waals surface area contributed by atoms with Gasteiger partial charge in [0.1, 0.15) is 5.82 Å². The van der Waals surface area contributed by atoms with E-state index in [1.165, 1.54) is 30.5 Å². The van der Waals surface area contributed by atoms with Crippen LogP contribution >= 0.6 is 0 Å². The normalized spacial score (nSPS) is 19.9. The van der Waals surface area contributed by atoms with Crippen LogP contribution in [0.1, 0.15) is 36.7 Å². The fourth-order valence-electron chi connectivity index (χ4n) is 2.68. The molecule has 0 aliphatic carbocycles. The van der Waals surface area contributed by atoms with Crippen LogP contribution in [-0.2, 0) is 0 Å². The van der Waals surface area contributed by atoms with Crippen molar-refractivity contribution in [2.24, 2.45) is 0 Å². The van der Waals surface area contributed by atoms with Crippen LogP contribution < -0.4 is 5.32 Å². The Morgan fingerprint density at radius 1 is 1.33 bits per heavy atom. The van der Waals surface area contributed by atoms with Crippen molar-refractivity contribution in [3.63, 3.8) is 0 Å². The molecule has 1 N–H and O–H groups in total. The Kier molecular flexibility index (Phi) is 3.15. The minimum absolute atomic E-state index is 0.516. The maximum Gasteiger partial charge on any atom is 0.110 e. The first-order valence-electron chi connectivity index (χ1n) is 6.68. The summed E-state index contributed by atoms with van der Waals surface area (Å²) in [4.78, 5) is 4.28. The first-order chi connectivity index (χ1) is 8.84. The molecule has 1 saturated heterocycles. The molecule has 2 heterocycles. The number of piperidine rings is 1. The second kappa shape index (κ2) is 4.94. The Morgan fingerprint density at radius 3 is 3.00 bits per heavy atom. The van der Waals surface area contributed by atoms with Crippen LogP contribution in [0.15, 0.2) is 36.7 Å². The van der Waals surface area contributed by atoms with Gasteiger partial charge in [-0.05, 0) is 44.0 Å². The molecule has 0 amide bonds. The number of aryl methyl sites for hydroxylation is 1. The van der Waals surface area contributed by atoms with Crippen molar-refractivity contribution in [2.45, 2.75) is 32.2 Å². The van der Waals surface area contributed by atoms with Gasteiger partial charge in [0.05, 0.1) is 0 Å². The molecule has 1 aromatic heterocycles. The molecular formula is C15H19N3. The average Bonchev–Trinajstić information content (AvgIpc) is 2.86. The van der Waals surface area contributed by atoms with Crippen LogP contribution in [0.25, 0.3) is 5.69 Å². The molecule has 0 bridgehead atoms. The van der Waals surface area contributed by atoms with Crippen LogP contribution in [0.4, 0.5) is 0 Å². The second-order valence-electron chi connectivity index (χ2n) is 4.94. The highest BCUT2D eigenvalue weighted by Crippen LogP contribution is 2.24. The Hall–Kier alpha value is -1.61. The number of nitrogens with zero attached hydrogens (tertiary/aromatic N) is 2. The van der Waals surface area contributed by atoms with Gasteiger partial charge in [0.15, 0.2) is 0 Å². The van der Waals surface area contributed by atoms with Gasteiger partial charge in [0, 0.05) is 24.1 Å². The van der Waals surface area contributed by atoms with Crippen molar-refractivity contribution in [1.29, 1.82) is 0 Å². The Labute approximate surface area is 108 Å². The summed E-state index contributed by atoms with van der Waals surface area (Å²) in [5, 5.41) is 3.60. The van der Waals surface area contributed by atoms with Gasteiger partial charge in [-0.25, -0.2) is 4.98 Å². The van der Waals surface area contributed by atoms with Crippen LogP contribution in [0.2, 0.25) is 0 Å². The van der Waals surface area contributed by atoms with Gasteiger partial charge in [-0.3, -0.25) is 0 Å². The quantitative estimate of drug-likeness (QED) is 0.876. The van der Waals surface area contributed by atoms with Crippen LogP contribution in [0.5, 0.6) is 0 Å². The molecule has 1 aliphatic rings. The molecule has 94 valence electrons. The molecule has 18 heavy (non-hydrogen) atoms. The van der Waals surface area contributed by atoms with Gasteiger partial charge in [-0.15, -0.1) is 0 Å². The van der Waals surface area contributed by atoms with Crippen molar-refractivity contribution < 1.29 is 0 Å². The van der Waals surface area contributed by atoms with Crippen molar-refractivity contribution in [3.05, 3.63) is 48.0 Å². The summed E-state index contributed by atoms with van der Waals surface area (Å²) in [6.07, 6.45) is 7.73. The maximum absolute atomic E-state index is 4.28. The van der Waals surface area contributed by atoms with Crippen molar-refractivity contribution in [3.8, 4) is 5.69 Å². The summed E-state index contributed by atoms with van der Waals surface area (Å²) >= 11 is 0. The lowest BCUT2D eigenvalue weighted by molar-refractivity contribution is 0.412. The molecule has 1 aromatic carbocycles. The summed E-state index contributed by atoms with van der Waals surface area (Å²) in [6.45, 7) is 3.17. The standard InChI is InChI=1S/C15H19N3/c1-12-16-9-10-18(12)14-6-4-5-13(11-14)15-7-2-3-8-17-15/h4-6,9-11,15,17H,2-3,7-8H2,1H3. The zero-order valence-electron chi connectivity index (χ0n) is 10.8. The van der Waals surface area contributed by atoms with E-state index >= 15 is 0 Å². The molecule has 1 aliphatic heterocycles. The number of imidazole rings is 1. The first kappa shape index (κ1) is 11.5. The summed E-state index contributed by atoms with van der Waals surface area (Å²) < 4.78 is 2.13. The highest BCUT2D eigenvalue weighted by atomic mass is 15.1. The first-order valence-corrected chi connectivity index (χ1v) is 6.68. The second-order valence-corrected chi connectivity index (χ2v) is 4.94. The fraction of sp³-hybridized carbons (Fsp3) is 0.400. The SMILES string of the molecule is Cc1nccn1-c1cccc(C2CCCCN2)c1. The van der Waals surface area contributed by atoms with Gasteiger partial charge < -0.3 is 9.88 Å². The number of benzene rings is 1. The summed E-state index contributed by atoms with van der Waals surface area (Å²) in [5.74, 6) is 1.03. The molecule has 1 atom stereocenters. The maximum atomic E-state index is 4.28. The summed E-state index contributed by atoms with van der Waals surface area (Å²) in [6, 6.07) is 9.29. The molecule has 3 nitrogen and oxygen atoms in total. The largest absolute Gasteiger partial charge is 0.310 e.